The minimum atomic E-state index is 0.256. The summed E-state index contributed by atoms with van der Waals surface area (Å²) in [7, 11) is 0. The lowest BCUT2D eigenvalue weighted by atomic mass is 9.80. The third kappa shape index (κ3) is 6.88. The molecule has 0 heterocycles. The van der Waals surface area contributed by atoms with Crippen LogP contribution in [0.25, 0.3) is 0 Å². The second-order valence-corrected chi connectivity index (χ2v) is 6.59. The van der Waals surface area contributed by atoms with Crippen LogP contribution in [0.2, 0.25) is 0 Å². The summed E-state index contributed by atoms with van der Waals surface area (Å²) in [6.45, 7) is 10.1. The molecule has 1 rings (SSSR count). The van der Waals surface area contributed by atoms with Gasteiger partial charge < -0.3 is 5.32 Å². The summed E-state index contributed by atoms with van der Waals surface area (Å²) in [6, 6.07) is 0. The number of hydrogen-bond donors (Lipinski definition) is 1. The molecule has 1 aliphatic carbocycles. The van der Waals surface area contributed by atoms with Crippen molar-refractivity contribution in [2.24, 2.45) is 11.8 Å². The molecule has 0 amide bonds. The molecule has 1 aliphatic rings. The van der Waals surface area contributed by atoms with Crippen LogP contribution >= 0.6 is 0 Å². The van der Waals surface area contributed by atoms with E-state index in [2.05, 4.69) is 45.2 Å². The van der Waals surface area contributed by atoms with Crippen LogP contribution in [0.15, 0.2) is 12.2 Å². The van der Waals surface area contributed by atoms with E-state index in [4.69, 9.17) is 0 Å². The van der Waals surface area contributed by atoms with Crippen molar-refractivity contribution in [1.29, 1.82) is 0 Å². The predicted octanol–water partition coefficient (Wildman–Crippen LogP) is 4.54. The molecule has 0 bridgehead atoms. The van der Waals surface area contributed by atoms with Crippen LogP contribution < -0.4 is 5.32 Å². The van der Waals surface area contributed by atoms with E-state index in [1.807, 2.05) is 0 Å². The SMILES string of the molecule is CCC1CCCC(C=CCCNC(C)(C)C)C1. The molecule has 1 N–H and O–H groups in total. The molecule has 0 aromatic carbocycles. The molecule has 0 aromatic rings. The Kier molecular flexibility index (Phi) is 6.26. The van der Waals surface area contributed by atoms with Crippen molar-refractivity contribution in [3.8, 4) is 0 Å². The van der Waals surface area contributed by atoms with E-state index in [0.717, 1.165) is 18.4 Å². The molecule has 17 heavy (non-hydrogen) atoms. The average molecular weight is 237 g/mol. The zero-order valence-corrected chi connectivity index (χ0v) is 12.3. The van der Waals surface area contributed by atoms with E-state index in [1.54, 1.807) is 0 Å². The summed E-state index contributed by atoms with van der Waals surface area (Å²) >= 11 is 0. The summed E-state index contributed by atoms with van der Waals surface area (Å²) in [6.07, 6.45) is 13.2. The van der Waals surface area contributed by atoms with Crippen molar-refractivity contribution in [2.45, 2.75) is 71.8 Å². The third-order valence-corrected chi connectivity index (χ3v) is 3.78. The molecule has 1 fully saturated rings. The average Bonchev–Trinajstić information content (AvgIpc) is 2.27. The first-order valence-electron chi connectivity index (χ1n) is 7.43. The molecule has 1 nitrogen and oxygen atoms in total. The van der Waals surface area contributed by atoms with E-state index in [9.17, 15) is 0 Å². The zero-order valence-electron chi connectivity index (χ0n) is 12.3. The van der Waals surface area contributed by atoms with E-state index in [1.165, 1.54) is 38.5 Å². The van der Waals surface area contributed by atoms with Crippen LogP contribution in [0.4, 0.5) is 0 Å². The Bertz CT molecular complexity index is 224. The third-order valence-electron chi connectivity index (χ3n) is 3.78. The van der Waals surface area contributed by atoms with Gasteiger partial charge >= 0.3 is 0 Å². The summed E-state index contributed by atoms with van der Waals surface area (Å²) in [4.78, 5) is 0. The molecular weight excluding hydrogens is 206 g/mol. The van der Waals surface area contributed by atoms with Gasteiger partial charge in [-0.15, -0.1) is 0 Å². The first-order chi connectivity index (χ1) is 8.01. The fourth-order valence-electron chi connectivity index (χ4n) is 2.70. The van der Waals surface area contributed by atoms with Crippen molar-refractivity contribution < 1.29 is 0 Å². The standard InChI is InChI=1S/C16H31N/c1-5-14-10-8-11-15(13-14)9-6-7-12-17-16(2,3)4/h6,9,14-15,17H,5,7-8,10-13H2,1-4H3. The van der Waals surface area contributed by atoms with Crippen molar-refractivity contribution >= 4 is 0 Å². The smallest absolute Gasteiger partial charge is 0.00966 e. The van der Waals surface area contributed by atoms with Crippen LogP contribution in [0.5, 0.6) is 0 Å². The van der Waals surface area contributed by atoms with Crippen molar-refractivity contribution in [3.05, 3.63) is 12.2 Å². The highest BCUT2D eigenvalue weighted by atomic mass is 14.9. The Morgan fingerprint density at radius 2 is 2.00 bits per heavy atom. The van der Waals surface area contributed by atoms with Gasteiger partial charge in [0.1, 0.15) is 0 Å². The number of hydrogen-bond acceptors (Lipinski definition) is 1. The fourth-order valence-corrected chi connectivity index (χ4v) is 2.70. The van der Waals surface area contributed by atoms with Gasteiger partial charge in [0, 0.05) is 5.54 Å². The minimum absolute atomic E-state index is 0.256. The highest BCUT2D eigenvalue weighted by Crippen LogP contribution is 2.31. The quantitative estimate of drug-likeness (QED) is 0.547. The van der Waals surface area contributed by atoms with Gasteiger partial charge in [0.15, 0.2) is 0 Å². The summed E-state index contributed by atoms with van der Waals surface area (Å²) in [5.74, 6) is 1.86. The van der Waals surface area contributed by atoms with Gasteiger partial charge in [0.2, 0.25) is 0 Å². The number of rotatable bonds is 5. The van der Waals surface area contributed by atoms with Crippen LogP contribution in [0.1, 0.15) is 66.2 Å². The molecule has 0 aliphatic heterocycles. The van der Waals surface area contributed by atoms with E-state index in [-0.39, 0.29) is 5.54 Å². The van der Waals surface area contributed by atoms with Crippen LogP contribution in [0, 0.1) is 11.8 Å². The maximum absolute atomic E-state index is 3.53. The van der Waals surface area contributed by atoms with Crippen molar-refractivity contribution in [2.75, 3.05) is 6.54 Å². The first-order valence-corrected chi connectivity index (χ1v) is 7.43. The Balaban J connectivity index is 2.15. The molecule has 2 unspecified atom stereocenters. The lowest BCUT2D eigenvalue weighted by molar-refractivity contribution is 0.297. The molecule has 0 aromatic heterocycles. The normalized spacial score (nSPS) is 26.6. The second kappa shape index (κ2) is 7.20. The monoisotopic (exact) mass is 237 g/mol. The van der Waals surface area contributed by atoms with Gasteiger partial charge in [-0.3, -0.25) is 0 Å². The largest absolute Gasteiger partial charge is 0.312 e. The molecule has 0 radical (unpaired) electrons. The Morgan fingerprint density at radius 1 is 1.24 bits per heavy atom. The second-order valence-electron chi connectivity index (χ2n) is 6.59. The maximum atomic E-state index is 3.53. The molecule has 0 saturated heterocycles. The van der Waals surface area contributed by atoms with Crippen LogP contribution in [-0.4, -0.2) is 12.1 Å². The van der Waals surface area contributed by atoms with Gasteiger partial charge in [-0.25, -0.2) is 0 Å². The summed E-state index contributed by atoms with van der Waals surface area (Å²) in [5, 5.41) is 3.53. The van der Waals surface area contributed by atoms with Gasteiger partial charge in [-0.2, -0.15) is 0 Å². The van der Waals surface area contributed by atoms with Crippen molar-refractivity contribution in [1.82, 2.24) is 5.32 Å². The highest BCUT2D eigenvalue weighted by molar-refractivity contribution is 4.92. The molecule has 1 saturated carbocycles. The topological polar surface area (TPSA) is 12.0 Å². The zero-order chi connectivity index (χ0) is 12.7. The maximum Gasteiger partial charge on any atom is 0.00966 e. The first kappa shape index (κ1) is 14.8. The summed E-state index contributed by atoms with van der Waals surface area (Å²) < 4.78 is 0. The fraction of sp³-hybridized carbons (Fsp3) is 0.875. The van der Waals surface area contributed by atoms with E-state index in [0.29, 0.717) is 0 Å². The molecule has 2 atom stereocenters. The lowest BCUT2D eigenvalue weighted by Crippen LogP contribution is -2.36. The number of nitrogens with one attached hydrogen (secondary N) is 1. The predicted molar refractivity (Wildman–Crippen MR) is 77.3 cm³/mol. The Labute approximate surface area is 108 Å². The molecule has 1 heteroatoms. The molecular formula is C16H31N. The lowest BCUT2D eigenvalue weighted by Gasteiger charge is -2.26. The van der Waals surface area contributed by atoms with Gasteiger partial charge in [0.05, 0.1) is 0 Å². The number of allylic oxidation sites excluding steroid dienone is 1. The Morgan fingerprint density at radius 3 is 2.65 bits per heavy atom. The van der Waals surface area contributed by atoms with Gasteiger partial charge in [0.25, 0.3) is 0 Å². The van der Waals surface area contributed by atoms with Crippen molar-refractivity contribution in [3.63, 3.8) is 0 Å². The minimum Gasteiger partial charge on any atom is -0.312 e. The van der Waals surface area contributed by atoms with Gasteiger partial charge in [-0.1, -0.05) is 38.3 Å². The van der Waals surface area contributed by atoms with Crippen LogP contribution in [0.3, 0.4) is 0 Å². The van der Waals surface area contributed by atoms with E-state index >= 15 is 0 Å². The molecule has 100 valence electrons. The summed E-state index contributed by atoms with van der Waals surface area (Å²) in [5.41, 5.74) is 0.256. The Hall–Kier alpha value is -0.300. The molecule has 0 spiro atoms. The highest BCUT2D eigenvalue weighted by Gasteiger charge is 2.18. The van der Waals surface area contributed by atoms with Gasteiger partial charge in [-0.05, 0) is 58.4 Å². The van der Waals surface area contributed by atoms with Crippen LogP contribution in [-0.2, 0) is 0 Å². The van der Waals surface area contributed by atoms with E-state index < -0.39 is 0 Å².